The van der Waals surface area contributed by atoms with Crippen LogP contribution in [0.25, 0.3) is 0 Å². The van der Waals surface area contributed by atoms with Crippen molar-refractivity contribution in [2.24, 2.45) is 5.92 Å². The number of β-amino-alcohol motifs (C(OH)–C–C–N with tert-alkyl or cyclic N) is 1. The molecule has 4 aliphatic rings. The topological polar surface area (TPSA) is 64.1 Å². The van der Waals surface area contributed by atoms with Crippen molar-refractivity contribution in [1.82, 2.24) is 14.7 Å². The summed E-state index contributed by atoms with van der Waals surface area (Å²) in [5.74, 6) is 0.698. The molecule has 23 heavy (non-hydrogen) atoms. The first-order chi connectivity index (χ1) is 11.0. The smallest absolute Gasteiger partial charge is 0.252 e. The van der Waals surface area contributed by atoms with E-state index < -0.39 is 11.6 Å². The Kier molecular flexibility index (Phi) is 3.74. The minimum atomic E-state index is -0.557. The van der Waals surface area contributed by atoms with Crippen molar-refractivity contribution in [3.63, 3.8) is 0 Å². The normalized spacial score (nSPS) is 34.1. The average Bonchev–Trinajstić information content (AvgIpc) is 3.21. The Balaban J connectivity index is 1.55. The molecule has 0 aromatic rings. The molecule has 3 heterocycles. The number of likely N-dealkylation sites (tertiary alicyclic amines) is 1. The highest BCUT2D eigenvalue weighted by Crippen LogP contribution is 2.42. The number of unbranched alkanes of at least 4 members (excludes halogenated alkanes) is 1. The third-order valence-electron chi connectivity index (χ3n) is 5.94. The third kappa shape index (κ3) is 2.42. The first kappa shape index (κ1) is 15.5. The van der Waals surface area contributed by atoms with Crippen LogP contribution in [0.15, 0.2) is 0 Å². The molecule has 3 aliphatic heterocycles. The molecule has 4 rings (SSSR count). The molecule has 6 nitrogen and oxygen atoms in total. The van der Waals surface area contributed by atoms with Gasteiger partial charge in [-0.1, -0.05) is 13.3 Å². The van der Waals surface area contributed by atoms with E-state index in [0.29, 0.717) is 19.5 Å². The van der Waals surface area contributed by atoms with Gasteiger partial charge in [0.1, 0.15) is 5.54 Å². The van der Waals surface area contributed by atoms with Crippen molar-refractivity contribution in [2.75, 3.05) is 32.7 Å². The first-order valence-electron chi connectivity index (χ1n) is 9.08. The van der Waals surface area contributed by atoms with E-state index in [2.05, 4.69) is 11.8 Å². The van der Waals surface area contributed by atoms with Crippen LogP contribution in [0, 0.1) is 5.92 Å². The highest BCUT2D eigenvalue weighted by Gasteiger charge is 2.64. The second-order valence-electron chi connectivity index (χ2n) is 7.85. The van der Waals surface area contributed by atoms with Gasteiger partial charge in [0.05, 0.1) is 12.1 Å². The SMILES string of the molecule is CCCCN1C(=O)C2CC(O)CN2C2(CN(CC3CC3)C2)C1=O. The fourth-order valence-corrected chi connectivity index (χ4v) is 4.51. The molecule has 3 saturated heterocycles. The van der Waals surface area contributed by atoms with Crippen molar-refractivity contribution in [3.8, 4) is 0 Å². The van der Waals surface area contributed by atoms with Crippen molar-refractivity contribution >= 4 is 11.8 Å². The van der Waals surface area contributed by atoms with Gasteiger partial charge in [-0.25, -0.2) is 0 Å². The molecule has 2 unspecified atom stereocenters. The van der Waals surface area contributed by atoms with Crippen LogP contribution in [0.4, 0.5) is 0 Å². The molecule has 0 radical (unpaired) electrons. The quantitative estimate of drug-likeness (QED) is 0.725. The predicted octanol–water partition coefficient (Wildman–Crippen LogP) is 0.0549. The van der Waals surface area contributed by atoms with Crippen LogP contribution in [0.1, 0.15) is 39.0 Å². The molecule has 2 atom stereocenters. The minimum absolute atomic E-state index is 0.0200. The number of hydrogen-bond acceptors (Lipinski definition) is 5. The zero-order chi connectivity index (χ0) is 16.2. The van der Waals surface area contributed by atoms with Gasteiger partial charge in [-0.3, -0.25) is 24.3 Å². The van der Waals surface area contributed by atoms with Crippen molar-refractivity contribution in [3.05, 3.63) is 0 Å². The summed E-state index contributed by atoms with van der Waals surface area (Å²) in [5.41, 5.74) is -0.557. The molecular formula is C17H27N3O3. The van der Waals surface area contributed by atoms with Gasteiger partial charge in [-0.2, -0.15) is 0 Å². The molecule has 2 amide bonds. The maximum absolute atomic E-state index is 13.1. The van der Waals surface area contributed by atoms with Gasteiger partial charge in [0.15, 0.2) is 0 Å². The highest BCUT2D eigenvalue weighted by molar-refractivity contribution is 6.06. The zero-order valence-corrected chi connectivity index (χ0v) is 13.9. The summed E-state index contributed by atoms with van der Waals surface area (Å²) in [4.78, 5) is 31.7. The van der Waals surface area contributed by atoms with Crippen molar-refractivity contribution < 1.29 is 14.7 Å². The Morgan fingerprint density at radius 2 is 2.00 bits per heavy atom. The van der Waals surface area contributed by atoms with Gasteiger partial charge in [-0.15, -0.1) is 0 Å². The standard InChI is InChI=1S/C17H27N3O3/c1-2-3-6-19-15(22)14-7-13(21)9-20(14)17(16(19)23)10-18(11-17)8-12-4-5-12/h12-14,21H,2-11H2,1H3. The highest BCUT2D eigenvalue weighted by atomic mass is 16.3. The molecule has 1 N–H and O–H groups in total. The second-order valence-corrected chi connectivity index (χ2v) is 7.85. The Hall–Kier alpha value is -0.980. The van der Waals surface area contributed by atoms with Gasteiger partial charge < -0.3 is 5.11 Å². The van der Waals surface area contributed by atoms with Gasteiger partial charge in [-0.05, 0) is 31.6 Å². The summed E-state index contributed by atoms with van der Waals surface area (Å²) in [5, 5.41) is 10.1. The van der Waals surface area contributed by atoms with E-state index in [1.54, 1.807) is 0 Å². The van der Waals surface area contributed by atoms with Gasteiger partial charge in [0, 0.05) is 32.7 Å². The van der Waals surface area contributed by atoms with Crippen LogP contribution in [0.5, 0.6) is 0 Å². The fourth-order valence-electron chi connectivity index (χ4n) is 4.51. The minimum Gasteiger partial charge on any atom is -0.392 e. The molecule has 1 saturated carbocycles. The van der Waals surface area contributed by atoms with E-state index in [9.17, 15) is 14.7 Å². The summed E-state index contributed by atoms with van der Waals surface area (Å²) in [6, 6.07) is -0.303. The van der Waals surface area contributed by atoms with Crippen molar-refractivity contribution in [1.29, 1.82) is 0 Å². The number of nitrogens with zero attached hydrogens (tertiary/aromatic N) is 3. The lowest BCUT2D eigenvalue weighted by Gasteiger charge is -2.58. The molecule has 0 aromatic carbocycles. The fraction of sp³-hybridized carbons (Fsp3) is 0.882. The lowest BCUT2D eigenvalue weighted by molar-refractivity contribution is -0.180. The summed E-state index contributed by atoms with van der Waals surface area (Å²) in [6.45, 7) is 5.59. The lowest BCUT2D eigenvalue weighted by atomic mass is 9.82. The zero-order valence-electron chi connectivity index (χ0n) is 13.9. The maximum Gasteiger partial charge on any atom is 0.252 e. The van der Waals surface area contributed by atoms with E-state index >= 15 is 0 Å². The third-order valence-corrected chi connectivity index (χ3v) is 5.94. The molecule has 4 fully saturated rings. The first-order valence-corrected chi connectivity index (χ1v) is 9.08. The molecule has 128 valence electrons. The number of fused-ring (bicyclic) bond motifs is 2. The van der Waals surface area contributed by atoms with Crippen LogP contribution in [-0.4, -0.2) is 82.0 Å². The summed E-state index contributed by atoms with van der Waals surface area (Å²) in [7, 11) is 0. The van der Waals surface area contributed by atoms with Crippen LogP contribution in [0.2, 0.25) is 0 Å². The molecule has 6 heteroatoms. The molecular weight excluding hydrogens is 294 g/mol. The molecule has 1 spiro atoms. The summed E-state index contributed by atoms with van der Waals surface area (Å²) < 4.78 is 0. The van der Waals surface area contributed by atoms with Gasteiger partial charge >= 0.3 is 0 Å². The Morgan fingerprint density at radius 3 is 2.65 bits per heavy atom. The number of amides is 2. The number of aliphatic hydroxyl groups is 1. The van der Waals surface area contributed by atoms with E-state index in [-0.39, 0.29) is 17.9 Å². The second kappa shape index (κ2) is 5.53. The van der Waals surface area contributed by atoms with E-state index in [1.165, 1.54) is 17.7 Å². The van der Waals surface area contributed by atoms with E-state index in [1.807, 2.05) is 4.90 Å². The number of rotatable bonds is 5. The van der Waals surface area contributed by atoms with Crippen molar-refractivity contribution in [2.45, 2.75) is 56.7 Å². The molecule has 0 bridgehead atoms. The Labute approximate surface area is 137 Å². The summed E-state index contributed by atoms with van der Waals surface area (Å²) >= 11 is 0. The summed E-state index contributed by atoms with van der Waals surface area (Å²) in [6.07, 6.45) is 4.42. The number of carbonyl (C=O) groups is 2. The molecule has 1 aliphatic carbocycles. The van der Waals surface area contributed by atoms with Crippen LogP contribution < -0.4 is 0 Å². The number of aliphatic hydroxyl groups excluding tert-OH is 1. The van der Waals surface area contributed by atoms with Crippen LogP contribution in [-0.2, 0) is 9.59 Å². The van der Waals surface area contributed by atoms with E-state index in [4.69, 9.17) is 0 Å². The van der Waals surface area contributed by atoms with Gasteiger partial charge in [0.2, 0.25) is 5.91 Å². The maximum atomic E-state index is 13.1. The van der Waals surface area contributed by atoms with Gasteiger partial charge in [0.25, 0.3) is 5.91 Å². The molecule has 0 aromatic heterocycles. The Bertz CT molecular complexity index is 513. The lowest BCUT2D eigenvalue weighted by Crippen LogP contribution is -2.81. The van der Waals surface area contributed by atoms with Crippen LogP contribution >= 0.6 is 0 Å². The average molecular weight is 321 g/mol. The largest absolute Gasteiger partial charge is 0.392 e. The monoisotopic (exact) mass is 321 g/mol. The Morgan fingerprint density at radius 1 is 1.26 bits per heavy atom. The number of piperazine rings is 1. The number of imide groups is 1. The predicted molar refractivity (Wildman–Crippen MR) is 84.6 cm³/mol. The van der Waals surface area contributed by atoms with E-state index in [0.717, 1.165) is 38.4 Å². The van der Waals surface area contributed by atoms with Crippen LogP contribution in [0.3, 0.4) is 0 Å². The number of carbonyl (C=O) groups excluding carboxylic acids is 2. The number of hydrogen-bond donors (Lipinski definition) is 1.